The first-order valence-corrected chi connectivity index (χ1v) is 28.1. The Morgan fingerprint density at radius 3 is 0.908 bits per heavy atom. The van der Waals surface area contributed by atoms with Crippen molar-refractivity contribution in [1.82, 2.24) is 0 Å². The van der Waals surface area contributed by atoms with Gasteiger partial charge in [-0.2, -0.15) is 0 Å². The monoisotopic (exact) mass is 911 g/mol. The van der Waals surface area contributed by atoms with Crippen LogP contribution < -0.4 is 0 Å². The van der Waals surface area contributed by atoms with Crippen molar-refractivity contribution < 1.29 is 28.6 Å². The maximum absolute atomic E-state index is 12.8. The van der Waals surface area contributed by atoms with Crippen LogP contribution in [-0.2, 0) is 28.6 Å². The van der Waals surface area contributed by atoms with Crippen LogP contribution in [0.1, 0.15) is 290 Å². The number of carbonyl (C=O) groups is 3. The zero-order valence-corrected chi connectivity index (χ0v) is 43.3. The van der Waals surface area contributed by atoms with E-state index in [0.717, 1.165) is 83.5 Å². The lowest BCUT2D eigenvalue weighted by molar-refractivity contribution is -0.167. The van der Waals surface area contributed by atoms with Crippen LogP contribution in [0.4, 0.5) is 0 Å². The third-order valence-corrected chi connectivity index (χ3v) is 12.3. The van der Waals surface area contributed by atoms with Crippen molar-refractivity contribution in [3.63, 3.8) is 0 Å². The molecule has 0 bridgehead atoms. The molecule has 0 N–H and O–H groups in total. The highest BCUT2D eigenvalue weighted by molar-refractivity contribution is 5.71. The lowest BCUT2D eigenvalue weighted by atomic mass is 10.1. The second-order valence-corrected chi connectivity index (χ2v) is 18.8. The molecule has 0 aromatic rings. The lowest BCUT2D eigenvalue weighted by Gasteiger charge is -2.18. The molecule has 0 aliphatic heterocycles. The van der Waals surface area contributed by atoms with Crippen molar-refractivity contribution in [2.45, 2.75) is 297 Å². The summed E-state index contributed by atoms with van der Waals surface area (Å²) >= 11 is 0. The van der Waals surface area contributed by atoms with E-state index in [-0.39, 0.29) is 31.1 Å². The molecule has 0 rings (SSSR count). The van der Waals surface area contributed by atoms with E-state index in [1.54, 1.807) is 0 Å². The van der Waals surface area contributed by atoms with Crippen LogP contribution in [0, 0.1) is 0 Å². The van der Waals surface area contributed by atoms with Gasteiger partial charge in [0, 0.05) is 19.3 Å². The van der Waals surface area contributed by atoms with E-state index in [4.69, 9.17) is 14.2 Å². The second-order valence-electron chi connectivity index (χ2n) is 18.8. The van der Waals surface area contributed by atoms with Crippen LogP contribution in [0.15, 0.2) is 48.6 Å². The Morgan fingerprint density at radius 1 is 0.308 bits per heavy atom. The van der Waals surface area contributed by atoms with Gasteiger partial charge in [-0.3, -0.25) is 14.4 Å². The molecule has 0 saturated heterocycles. The summed E-state index contributed by atoms with van der Waals surface area (Å²) in [5.41, 5.74) is 0. The summed E-state index contributed by atoms with van der Waals surface area (Å²) in [6.45, 7) is 6.61. The topological polar surface area (TPSA) is 78.9 Å². The third-order valence-electron chi connectivity index (χ3n) is 12.3. The Hall–Kier alpha value is -2.63. The Labute approximate surface area is 403 Å². The van der Waals surface area contributed by atoms with Crippen molar-refractivity contribution in [3.8, 4) is 0 Å². The molecule has 1 atom stereocenters. The van der Waals surface area contributed by atoms with Gasteiger partial charge in [0.05, 0.1) is 0 Å². The largest absolute Gasteiger partial charge is 0.462 e. The first-order valence-electron chi connectivity index (χ1n) is 28.1. The Kier molecular flexibility index (Phi) is 51.8. The van der Waals surface area contributed by atoms with Crippen molar-refractivity contribution >= 4 is 17.9 Å². The van der Waals surface area contributed by atoms with Gasteiger partial charge in [-0.15, -0.1) is 0 Å². The number of hydrogen-bond acceptors (Lipinski definition) is 6. The molecule has 0 heterocycles. The van der Waals surface area contributed by atoms with Gasteiger partial charge in [0.25, 0.3) is 0 Å². The molecule has 0 aromatic carbocycles. The molecular formula is C59H106O6. The highest BCUT2D eigenvalue weighted by Gasteiger charge is 2.19. The van der Waals surface area contributed by atoms with Gasteiger partial charge in [-0.05, 0) is 83.5 Å². The lowest BCUT2D eigenvalue weighted by Crippen LogP contribution is -2.30. The average molecular weight is 911 g/mol. The number of rotatable bonds is 51. The molecule has 0 spiro atoms. The first-order chi connectivity index (χ1) is 32.0. The highest BCUT2D eigenvalue weighted by atomic mass is 16.6. The quantitative estimate of drug-likeness (QED) is 0.0262. The van der Waals surface area contributed by atoms with E-state index in [9.17, 15) is 14.4 Å². The van der Waals surface area contributed by atoms with Crippen molar-refractivity contribution in [1.29, 1.82) is 0 Å². The molecule has 0 unspecified atom stereocenters. The summed E-state index contributed by atoms with van der Waals surface area (Å²) in [4.78, 5) is 38.1. The number of hydrogen-bond donors (Lipinski definition) is 0. The fraction of sp³-hybridized carbons (Fsp3) is 0.814. The summed E-state index contributed by atoms with van der Waals surface area (Å²) < 4.78 is 16.8. The zero-order valence-electron chi connectivity index (χ0n) is 43.3. The van der Waals surface area contributed by atoms with Crippen LogP contribution in [0.5, 0.6) is 0 Å². The Morgan fingerprint density at radius 2 is 0.554 bits per heavy atom. The van der Waals surface area contributed by atoms with Gasteiger partial charge in [-0.1, -0.05) is 236 Å². The average Bonchev–Trinajstić information content (AvgIpc) is 3.30. The predicted molar refractivity (Wildman–Crippen MR) is 279 cm³/mol. The van der Waals surface area contributed by atoms with Crippen LogP contribution >= 0.6 is 0 Å². The molecule has 0 saturated carbocycles. The van der Waals surface area contributed by atoms with E-state index < -0.39 is 6.10 Å². The van der Waals surface area contributed by atoms with Gasteiger partial charge in [0.15, 0.2) is 6.10 Å². The minimum atomic E-state index is -0.780. The van der Waals surface area contributed by atoms with Crippen LogP contribution in [-0.4, -0.2) is 37.2 Å². The molecule has 0 amide bonds. The standard InChI is InChI=1S/C59H106O6/c1-4-7-10-13-16-19-22-24-26-28-29-31-33-35-38-41-44-47-50-53-59(62)65-56(54-63-57(60)51-48-45-42-39-36-21-18-15-12-9-6-3)55-64-58(61)52-49-46-43-40-37-34-32-30-27-25-23-20-17-14-11-8-5-2/h17,20,24-27,32,34,56H,4-16,18-19,21-23,28-31,33,35-55H2,1-3H3/b20-17-,26-24-,27-25-,34-32-/t56-/m0/s1. The maximum Gasteiger partial charge on any atom is 0.306 e. The fourth-order valence-corrected chi connectivity index (χ4v) is 8.03. The van der Waals surface area contributed by atoms with Crippen LogP contribution in [0.2, 0.25) is 0 Å². The first kappa shape index (κ1) is 62.4. The molecule has 0 aromatic heterocycles. The van der Waals surface area contributed by atoms with E-state index in [1.165, 1.54) is 167 Å². The van der Waals surface area contributed by atoms with Crippen molar-refractivity contribution in [2.75, 3.05) is 13.2 Å². The summed E-state index contributed by atoms with van der Waals surface area (Å²) in [6, 6.07) is 0. The molecule has 6 nitrogen and oxygen atoms in total. The number of carbonyl (C=O) groups excluding carboxylic acids is 3. The molecule has 0 aliphatic carbocycles. The van der Waals surface area contributed by atoms with E-state index in [0.29, 0.717) is 19.3 Å². The van der Waals surface area contributed by atoms with Crippen molar-refractivity contribution in [2.24, 2.45) is 0 Å². The van der Waals surface area contributed by atoms with Crippen LogP contribution in [0.3, 0.4) is 0 Å². The molecule has 65 heavy (non-hydrogen) atoms. The summed E-state index contributed by atoms with van der Waals surface area (Å²) in [6.07, 6.45) is 65.2. The summed E-state index contributed by atoms with van der Waals surface area (Å²) in [5.74, 6) is -0.892. The van der Waals surface area contributed by atoms with E-state index in [1.807, 2.05) is 0 Å². The van der Waals surface area contributed by atoms with E-state index in [2.05, 4.69) is 69.4 Å². The minimum absolute atomic E-state index is 0.0785. The molecule has 6 heteroatoms. The molecule has 0 fully saturated rings. The van der Waals surface area contributed by atoms with Crippen molar-refractivity contribution in [3.05, 3.63) is 48.6 Å². The third kappa shape index (κ3) is 52.2. The number of allylic oxidation sites excluding steroid dienone is 8. The van der Waals surface area contributed by atoms with Gasteiger partial charge in [0.2, 0.25) is 0 Å². The van der Waals surface area contributed by atoms with E-state index >= 15 is 0 Å². The zero-order chi connectivity index (χ0) is 47.2. The second kappa shape index (κ2) is 54.0. The maximum atomic E-state index is 12.8. The molecule has 378 valence electrons. The summed E-state index contributed by atoms with van der Waals surface area (Å²) in [7, 11) is 0. The number of ether oxygens (including phenoxy) is 3. The smallest absolute Gasteiger partial charge is 0.306 e. The molecular weight excluding hydrogens is 805 g/mol. The fourth-order valence-electron chi connectivity index (χ4n) is 8.03. The molecule has 0 aliphatic rings. The number of esters is 3. The predicted octanol–water partition coefficient (Wildman–Crippen LogP) is 18.7. The van der Waals surface area contributed by atoms with Gasteiger partial charge < -0.3 is 14.2 Å². The minimum Gasteiger partial charge on any atom is -0.462 e. The SMILES string of the molecule is CCCCC/C=C\C/C=C\C/C=C\CCCCCCC(=O)OC[C@H](COC(=O)CCCCCCCCCCCCC)OC(=O)CCCCCCCCCCC/C=C\CCCCCCCC. The normalized spacial score (nSPS) is 12.4. The van der Waals surface area contributed by atoms with Gasteiger partial charge >= 0.3 is 17.9 Å². The molecule has 0 radical (unpaired) electrons. The number of unbranched alkanes of at least 4 members (excludes halogenated alkanes) is 32. The van der Waals surface area contributed by atoms with Crippen LogP contribution in [0.25, 0.3) is 0 Å². The highest BCUT2D eigenvalue weighted by Crippen LogP contribution is 2.15. The van der Waals surface area contributed by atoms with Gasteiger partial charge in [-0.25, -0.2) is 0 Å². The Bertz CT molecular complexity index is 1140. The van der Waals surface area contributed by atoms with Gasteiger partial charge in [0.1, 0.15) is 13.2 Å². The summed E-state index contributed by atoms with van der Waals surface area (Å²) in [5, 5.41) is 0. The Balaban J connectivity index is 4.36.